The molecule has 128 valence electrons. The quantitative estimate of drug-likeness (QED) is 0.672. The summed E-state index contributed by atoms with van der Waals surface area (Å²) in [4.78, 5) is 17.1. The Hall–Kier alpha value is -2.51. The number of nitrogens with zero attached hydrogens (tertiary/aromatic N) is 2. The van der Waals surface area contributed by atoms with Crippen LogP contribution in [0.4, 0.5) is 5.82 Å². The molecule has 7 heteroatoms. The third-order valence-electron chi connectivity index (χ3n) is 4.36. The van der Waals surface area contributed by atoms with Gasteiger partial charge in [-0.05, 0) is 24.9 Å². The molecule has 3 N–H and O–H groups in total. The number of anilines is 1. The lowest BCUT2D eigenvalue weighted by molar-refractivity contribution is 0.102. The number of aromatic amines is 1. The fourth-order valence-electron chi connectivity index (χ4n) is 3.04. The largest absolute Gasteiger partial charge is 0.316 e. The van der Waals surface area contributed by atoms with Crippen molar-refractivity contribution in [3.05, 3.63) is 52.6 Å². The smallest absolute Gasteiger partial charge is 0.276 e. The van der Waals surface area contributed by atoms with Crippen LogP contribution in [0.5, 0.6) is 0 Å². The molecule has 1 unspecified atom stereocenters. The number of carbonyl (C=O) groups excluding carboxylic acids is 1. The molecule has 1 saturated heterocycles. The predicted molar refractivity (Wildman–Crippen MR) is 98.9 cm³/mol. The van der Waals surface area contributed by atoms with E-state index in [0.717, 1.165) is 42.1 Å². The van der Waals surface area contributed by atoms with Crippen molar-refractivity contribution < 1.29 is 4.79 Å². The highest BCUT2D eigenvalue weighted by Gasteiger charge is 2.21. The summed E-state index contributed by atoms with van der Waals surface area (Å²) in [6.45, 7) is 2.00. The van der Waals surface area contributed by atoms with E-state index in [9.17, 15) is 4.79 Å². The third kappa shape index (κ3) is 3.47. The van der Waals surface area contributed by atoms with Crippen LogP contribution in [-0.4, -0.2) is 34.2 Å². The first-order valence-corrected chi connectivity index (χ1v) is 9.25. The second-order valence-corrected chi connectivity index (χ2v) is 6.98. The second kappa shape index (κ2) is 7.16. The lowest BCUT2D eigenvalue weighted by Crippen LogP contribution is -2.28. The minimum Gasteiger partial charge on any atom is -0.316 e. The summed E-state index contributed by atoms with van der Waals surface area (Å²) in [5, 5.41) is 16.1. The molecular formula is C18H19N5OS. The summed E-state index contributed by atoms with van der Waals surface area (Å²) >= 11 is 1.56. The van der Waals surface area contributed by atoms with Crippen LogP contribution in [-0.2, 0) is 0 Å². The van der Waals surface area contributed by atoms with E-state index < -0.39 is 0 Å². The van der Waals surface area contributed by atoms with E-state index >= 15 is 0 Å². The van der Waals surface area contributed by atoms with Gasteiger partial charge in [-0.3, -0.25) is 9.89 Å². The van der Waals surface area contributed by atoms with Crippen LogP contribution in [0.25, 0.3) is 11.1 Å². The molecular weight excluding hydrogens is 334 g/mol. The van der Waals surface area contributed by atoms with Crippen LogP contribution in [0.2, 0.25) is 0 Å². The molecule has 4 rings (SSSR count). The number of benzene rings is 1. The Labute approximate surface area is 149 Å². The van der Waals surface area contributed by atoms with E-state index in [4.69, 9.17) is 0 Å². The summed E-state index contributed by atoms with van der Waals surface area (Å²) < 4.78 is 0. The number of carbonyl (C=O) groups is 1. The van der Waals surface area contributed by atoms with Crippen molar-refractivity contribution in [1.29, 1.82) is 0 Å². The zero-order valence-corrected chi connectivity index (χ0v) is 14.5. The van der Waals surface area contributed by atoms with E-state index in [1.807, 2.05) is 35.7 Å². The Morgan fingerprint density at radius 3 is 2.96 bits per heavy atom. The lowest BCUT2D eigenvalue weighted by Gasteiger charge is -2.20. The Morgan fingerprint density at radius 2 is 2.16 bits per heavy atom. The lowest BCUT2D eigenvalue weighted by atomic mass is 10.0. The van der Waals surface area contributed by atoms with Gasteiger partial charge in [-0.1, -0.05) is 30.3 Å². The van der Waals surface area contributed by atoms with Gasteiger partial charge in [0, 0.05) is 23.4 Å². The zero-order valence-electron chi connectivity index (χ0n) is 13.7. The van der Waals surface area contributed by atoms with Gasteiger partial charge < -0.3 is 10.6 Å². The molecule has 1 aromatic carbocycles. The average molecular weight is 353 g/mol. The van der Waals surface area contributed by atoms with Crippen molar-refractivity contribution in [2.75, 3.05) is 18.4 Å². The first-order valence-electron chi connectivity index (χ1n) is 8.37. The number of piperidine rings is 1. The molecule has 3 aromatic rings. The minimum atomic E-state index is -0.215. The van der Waals surface area contributed by atoms with Crippen LogP contribution < -0.4 is 10.6 Å². The SMILES string of the molecule is O=C(Nc1[nH]ncc1-c1ccccc1)c1csc(C2CCCNC2)n1. The van der Waals surface area contributed by atoms with E-state index in [-0.39, 0.29) is 5.91 Å². The van der Waals surface area contributed by atoms with Crippen molar-refractivity contribution in [3.8, 4) is 11.1 Å². The monoisotopic (exact) mass is 353 g/mol. The summed E-state index contributed by atoms with van der Waals surface area (Å²) in [6.07, 6.45) is 3.99. The number of nitrogens with one attached hydrogen (secondary N) is 3. The summed E-state index contributed by atoms with van der Waals surface area (Å²) in [5.41, 5.74) is 2.32. The number of amides is 1. The van der Waals surface area contributed by atoms with E-state index in [2.05, 4.69) is 25.8 Å². The predicted octanol–water partition coefficient (Wildman–Crippen LogP) is 3.25. The van der Waals surface area contributed by atoms with Gasteiger partial charge >= 0.3 is 0 Å². The topological polar surface area (TPSA) is 82.7 Å². The maximum absolute atomic E-state index is 12.6. The number of rotatable bonds is 4. The molecule has 25 heavy (non-hydrogen) atoms. The maximum atomic E-state index is 12.6. The molecule has 6 nitrogen and oxygen atoms in total. The number of aromatic nitrogens is 3. The van der Waals surface area contributed by atoms with Crippen molar-refractivity contribution in [2.45, 2.75) is 18.8 Å². The van der Waals surface area contributed by atoms with Gasteiger partial charge in [0.25, 0.3) is 5.91 Å². The molecule has 3 heterocycles. The second-order valence-electron chi connectivity index (χ2n) is 6.09. The molecule has 2 aromatic heterocycles. The fourth-order valence-corrected chi connectivity index (χ4v) is 3.97. The normalized spacial score (nSPS) is 17.4. The summed E-state index contributed by atoms with van der Waals surface area (Å²) in [7, 11) is 0. The molecule has 1 amide bonds. The summed E-state index contributed by atoms with van der Waals surface area (Å²) in [6, 6.07) is 9.84. The highest BCUT2D eigenvalue weighted by molar-refractivity contribution is 7.10. The van der Waals surface area contributed by atoms with Gasteiger partial charge in [0.15, 0.2) is 0 Å². The average Bonchev–Trinajstić information content (AvgIpc) is 3.33. The Kier molecular flexibility index (Phi) is 4.58. The number of hydrogen-bond donors (Lipinski definition) is 3. The van der Waals surface area contributed by atoms with Gasteiger partial charge in [-0.2, -0.15) is 5.10 Å². The molecule has 0 aliphatic carbocycles. The molecule has 1 fully saturated rings. The Bertz CT molecular complexity index is 851. The molecule has 1 aliphatic heterocycles. The maximum Gasteiger partial charge on any atom is 0.276 e. The van der Waals surface area contributed by atoms with Crippen molar-refractivity contribution in [2.24, 2.45) is 0 Å². The molecule has 0 bridgehead atoms. The van der Waals surface area contributed by atoms with Crippen molar-refractivity contribution in [3.63, 3.8) is 0 Å². The first-order chi connectivity index (χ1) is 12.3. The van der Waals surface area contributed by atoms with E-state index in [1.54, 1.807) is 17.5 Å². The number of H-pyrrole nitrogens is 1. The minimum absolute atomic E-state index is 0.215. The molecule has 0 saturated carbocycles. The van der Waals surface area contributed by atoms with Gasteiger partial charge in [0.2, 0.25) is 0 Å². The molecule has 1 aliphatic rings. The third-order valence-corrected chi connectivity index (χ3v) is 5.37. The number of hydrogen-bond acceptors (Lipinski definition) is 5. The van der Waals surface area contributed by atoms with Crippen LogP contribution in [0.1, 0.15) is 34.3 Å². The zero-order chi connectivity index (χ0) is 17.1. The standard InChI is InChI=1S/C18H19N5OS/c24-17(15-11-25-18(21-15)13-7-4-8-19-9-13)22-16-14(10-20-23-16)12-5-2-1-3-6-12/h1-3,5-6,10-11,13,19H,4,7-9H2,(H2,20,22,23,24). The van der Waals surface area contributed by atoms with Gasteiger partial charge in [0.1, 0.15) is 11.5 Å². The molecule has 0 spiro atoms. The highest BCUT2D eigenvalue weighted by atomic mass is 32.1. The van der Waals surface area contributed by atoms with Crippen molar-refractivity contribution in [1.82, 2.24) is 20.5 Å². The summed E-state index contributed by atoms with van der Waals surface area (Å²) in [5.74, 6) is 0.783. The van der Waals surface area contributed by atoms with Crippen LogP contribution >= 0.6 is 11.3 Å². The van der Waals surface area contributed by atoms with Gasteiger partial charge in [-0.25, -0.2) is 4.98 Å². The van der Waals surface area contributed by atoms with E-state index in [0.29, 0.717) is 17.4 Å². The molecule has 0 radical (unpaired) electrons. The van der Waals surface area contributed by atoms with Crippen LogP contribution in [0.3, 0.4) is 0 Å². The van der Waals surface area contributed by atoms with Gasteiger partial charge in [0.05, 0.1) is 11.2 Å². The Morgan fingerprint density at radius 1 is 1.28 bits per heavy atom. The fraction of sp³-hybridized carbons (Fsp3) is 0.278. The Balaban J connectivity index is 1.50. The van der Waals surface area contributed by atoms with Crippen molar-refractivity contribution >= 4 is 23.1 Å². The first kappa shape index (κ1) is 16.0. The van der Waals surface area contributed by atoms with E-state index in [1.165, 1.54) is 0 Å². The van der Waals surface area contributed by atoms with Crippen LogP contribution in [0, 0.1) is 0 Å². The molecule has 1 atom stereocenters. The highest BCUT2D eigenvalue weighted by Crippen LogP contribution is 2.28. The van der Waals surface area contributed by atoms with Crippen LogP contribution in [0.15, 0.2) is 41.9 Å². The van der Waals surface area contributed by atoms with Gasteiger partial charge in [-0.15, -0.1) is 11.3 Å². The number of thiazole rings is 1.